The van der Waals surface area contributed by atoms with Gasteiger partial charge in [0.1, 0.15) is 5.38 Å². The van der Waals surface area contributed by atoms with Crippen LogP contribution in [0.15, 0.2) is 0 Å². The summed E-state index contributed by atoms with van der Waals surface area (Å²) in [5.41, 5.74) is -0.135. The molecule has 0 aromatic heterocycles. The van der Waals surface area contributed by atoms with E-state index in [-0.39, 0.29) is 24.0 Å². The molecule has 2 N–H and O–H groups in total. The summed E-state index contributed by atoms with van der Waals surface area (Å²) in [5.74, 6) is 0.262. The molecule has 1 saturated heterocycles. The van der Waals surface area contributed by atoms with Crippen molar-refractivity contribution in [3.05, 3.63) is 0 Å². The van der Waals surface area contributed by atoms with E-state index in [9.17, 15) is 9.90 Å². The first-order chi connectivity index (χ1) is 9.09. The summed E-state index contributed by atoms with van der Waals surface area (Å²) in [4.78, 5) is 11.9. The maximum Gasteiger partial charge on any atom is 0.238 e. The van der Waals surface area contributed by atoms with Crippen molar-refractivity contribution in [2.45, 2.75) is 50.4 Å². The van der Waals surface area contributed by atoms with Crippen molar-refractivity contribution in [2.75, 3.05) is 19.8 Å². The quantitative estimate of drug-likeness (QED) is 0.757. The van der Waals surface area contributed by atoms with E-state index in [0.29, 0.717) is 5.92 Å². The van der Waals surface area contributed by atoms with Crippen molar-refractivity contribution in [2.24, 2.45) is 11.3 Å². The lowest BCUT2D eigenvalue weighted by atomic mass is 9.60. The van der Waals surface area contributed by atoms with E-state index in [1.54, 1.807) is 6.92 Å². The largest absolute Gasteiger partial charge is 0.396 e. The van der Waals surface area contributed by atoms with Gasteiger partial charge < -0.3 is 15.2 Å². The predicted octanol–water partition coefficient (Wildman–Crippen LogP) is 1.69. The number of amides is 1. The maximum atomic E-state index is 11.9. The van der Waals surface area contributed by atoms with E-state index < -0.39 is 5.38 Å². The molecule has 110 valence electrons. The molecule has 2 atom stereocenters. The molecule has 2 rings (SSSR count). The Balaban J connectivity index is 2.10. The van der Waals surface area contributed by atoms with Crippen LogP contribution in [0.1, 0.15) is 39.0 Å². The molecule has 0 bridgehead atoms. The molecular weight excluding hydrogens is 266 g/mol. The van der Waals surface area contributed by atoms with Crippen molar-refractivity contribution >= 4 is 17.5 Å². The fourth-order valence-electron chi connectivity index (χ4n) is 3.29. The number of hydrogen-bond donors (Lipinski definition) is 2. The fourth-order valence-corrected chi connectivity index (χ4v) is 3.35. The molecule has 1 amide bonds. The Morgan fingerprint density at radius 2 is 2.11 bits per heavy atom. The Morgan fingerprint density at radius 3 is 2.53 bits per heavy atom. The molecule has 1 aliphatic heterocycles. The number of alkyl halides is 1. The second-order valence-electron chi connectivity index (χ2n) is 5.93. The number of carbonyl (C=O) groups is 1. The van der Waals surface area contributed by atoms with Crippen molar-refractivity contribution in [1.29, 1.82) is 0 Å². The van der Waals surface area contributed by atoms with Crippen molar-refractivity contribution in [1.82, 2.24) is 5.32 Å². The number of aliphatic hydroxyl groups is 1. The lowest BCUT2D eigenvalue weighted by Crippen LogP contribution is -2.58. The molecule has 2 fully saturated rings. The summed E-state index contributed by atoms with van der Waals surface area (Å²) in [7, 11) is 0. The number of aliphatic hydroxyl groups excluding tert-OH is 1. The van der Waals surface area contributed by atoms with Gasteiger partial charge in [0.2, 0.25) is 5.91 Å². The Kier molecular flexibility index (Phi) is 5.09. The van der Waals surface area contributed by atoms with Gasteiger partial charge in [-0.3, -0.25) is 4.79 Å². The first-order valence-corrected chi connectivity index (χ1v) is 7.66. The number of hydrogen-bond acceptors (Lipinski definition) is 3. The van der Waals surface area contributed by atoms with Gasteiger partial charge in [-0.25, -0.2) is 0 Å². The van der Waals surface area contributed by atoms with E-state index in [4.69, 9.17) is 16.3 Å². The Morgan fingerprint density at radius 1 is 1.47 bits per heavy atom. The van der Waals surface area contributed by atoms with Crippen molar-refractivity contribution in [3.8, 4) is 0 Å². The smallest absolute Gasteiger partial charge is 0.238 e. The second-order valence-corrected chi connectivity index (χ2v) is 6.58. The zero-order valence-corrected chi connectivity index (χ0v) is 12.3. The molecule has 0 spiro atoms. The summed E-state index contributed by atoms with van der Waals surface area (Å²) in [5, 5.41) is 12.3. The van der Waals surface area contributed by atoms with Gasteiger partial charge in [-0.05, 0) is 38.5 Å². The highest BCUT2D eigenvalue weighted by molar-refractivity contribution is 6.30. The maximum absolute atomic E-state index is 11.9. The average molecular weight is 290 g/mol. The van der Waals surface area contributed by atoms with Gasteiger partial charge in [-0.2, -0.15) is 0 Å². The first kappa shape index (κ1) is 15.1. The van der Waals surface area contributed by atoms with Crippen LogP contribution >= 0.6 is 11.6 Å². The van der Waals surface area contributed by atoms with Gasteiger partial charge in [-0.1, -0.05) is 6.42 Å². The lowest BCUT2D eigenvalue weighted by molar-refractivity contribution is -0.125. The first-order valence-electron chi connectivity index (χ1n) is 7.22. The third-order valence-corrected chi connectivity index (χ3v) is 4.92. The minimum Gasteiger partial charge on any atom is -0.396 e. The number of halogens is 1. The third kappa shape index (κ3) is 3.23. The fraction of sp³-hybridized carbons (Fsp3) is 0.929. The van der Waals surface area contributed by atoms with Crippen LogP contribution in [-0.2, 0) is 9.53 Å². The van der Waals surface area contributed by atoms with Crippen molar-refractivity contribution in [3.63, 3.8) is 0 Å². The summed E-state index contributed by atoms with van der Waals surface area (Å²) < 4.78 is 5.40. The molecule has 0 aromatic rings. The highest BCUT2D eigenvalue weighted by Crippen LogP contribution is 2.47. The summed E-state index contributed by atoms with van der Waals surface area (Å²) >= 11 is 5.87. The van der Waals surface area contributed by atoms with Crippen LogP contribution in [0.3, 0.4) is 0 Å². The zero-order valence-electron chi connectivity index (χ0n) is 11.5. The predicted molar refractivity (Wildman–Crippen MR) is 74.2 cm³/mol. The van der Waals surface area contributed by atoms with Gasteiger partial charge in [0, 0.05) is 24.7 Å². The topological polar surface area (TPSA) is 58.6 Å². The van der Waals surface area contributed by atoms with Gasteiger partial charge in [0.25, 0.3) is 0 Å². The monoisotopic (exact) mass is 289 g/mol. The van der Waals surface area contributed by atoms with Crippen LogP contribution in [0, 0.1) is 11.3 Å². The third-order valence-electron chi connectivity index (χ3n) is 4.72. The van der Waals surface area contributed by atoms with Crippen molar-refractivity contribution < 1.29 is 14.6 Å². The van der Waals surface area contributed by atoms with Gasteiger partial charge in [0.05, 0.1) is 6.61 Å². The van der Waals surface area contributed by atoms with E-state index >= 15 is 0 Å². The number of rotatable bonds is 5. The van der Waals surface area contributed by atoms with Crippen LogP contribution in [0.2, 0.25) is 0 Å². The zero-order chi connectivity index (χ0) is 13.9. The molecule has 19 heavy (non-hydrogen) atoms. The molecule has 2 aliphatic rings. The van der Waals surface area contributed by atoms with Gasteiger partial charge >= 0.3 is 0 Å². The van der Waals surface area contributed by atoms with Gasteiger partial charge in [-0.15, -0.1) is 11.6 Å². The molecule has 1 saturated carbocycles. The molecule has 2 unspecified atom stereocenters. The van der Waals surface area contributed by atoms with Crippen LogP contribution < -0.4 is 5.32 Å². The minimum atomic E-state index is -0.529. The Bertz CT molecular complexity index is 306. The highest BCUT2D eigenvalue weighted by atomic mass is 35.5. The van der Waals surface area contributed by atoms with E-state index in [1.165, 1.54) is 0 Å². The van der Waals surface area contributed by atoms with Crippen LogP contribution in [0.4, 0.5) is 0 Å². The van der Waals surface area contributed by atoms with E-state index in [0.717, 1.165) is 45.3 Å². The molecule has 1 heterocycles. The highest BCUT2D eigenvalue weighted by Gasteiger charge is 2.47. The number of ether oxygens (including phenoxy) is 1. The van der Waals surface area contributed by atoms with Crippen LogP contribution in [0.5, 0.6) is 0 Å². The van der Waals surface area contributed by atoms with Crippen LogP contribution in [-0.4, -0.2) is 42.3 Å². The molecule has 0 aromatic carbocycles. The molecule has 5 heteroatoms. The average Bonchev–Trinajstić information content (AvgIpc) is 2.37. The van der Waals surface area contributed by atoms with E-state index in [2.05, 4.69) is 5.32 Å². The Hall–Kier alpha value is -0.320. The standard InChI is InChI=1S/C14H24ClNO3/c1-10(15)13(18)16-12(11-3-7-19-8-4-11)14(9-17)5-2-6-14/h10-12,17H,2-9H2,1H3,(H,16,18). The normalized spacial score (nSPS) is 26.3. The molecule has 1 aliphatic carbocycles. The SMILES string of the molecule is CC(Cl)C(=O)NC(C1CCOCC1)C1(CO)CCC1. The molecule has 0 radical (unpaired) electrons. The van der Waals surface area contributed by atoms with Gasteiger partial charge in [0.15, 0.2) is 0 Å². The summed E-state index contributed by atoms with van der Waals surface area (Å²) in [6.45, 7) is 3.32. The van der Waals surface area contributed by atoms with E-state index in [1.807, 2.05) is 0 Å². The number of carbonyl (C=O) groups excluding carboxylic acids is 1. The second kappa shape index (κ2) is 6.42. The molecular formula is C14H24ClNO3. The lowest BCUT2D eigenvalue weighted by Gasteiger charge is -2.50. The summed E-state index contributed by atoms with van der Waals surface area (Å²) in [6, 6.07) is 0.0313. The molecule has 4 nitrogen and oxygen atoms in total. The Labute approximate surface area is 119 Å². The summed E-state index contributed by atoms with van der Waals surface area (Å²) in [6.07, 6.45) is 5.00. The number of nitrogens with one attached hydrogen (secondary N) is 1. The minimum absolute atomic E-state index is 0.0313. The van der Waals surface area contributed by atoms with Crippen LogP contribution in [0.25, 0.3) is 0 Å².